The summed E-state index contributed by atoms with van der Waals surface area (Å²) in [5.41, 5.74) is 1.47. The summed E-state index contributed by atoms with van der Waals surface area (Å²) in [6, 6.07) is 10.6. The molecule has 0 spiro atoms. The third kappa shape index (κ3) is 8.21. The number of esters is 1. The van der Waals surface area contributed by atoms with Gasteiger partial charge < -0.3 is 24.0 Å². The van der Waals surface area contributed by atoms with E-state index in [-0.39, 0.29) is 46.0 Å². The van der Waals surface area contributed by atoms with E-state index in [0.29, 0.717) is 35.0 Å². The molecule has 2 aromatic carbocycles. The number of pyridine rings is 1. The first kappa shape index (κ1) is 33.7. The van der Waals surface area contributed by atoms with E-state index in [1.807, 2.05) is 0 Å². The fourth-order valence-corrected chi connectivity index (χ4v) is 6.47. The van der Waals surface area contributed by atoms with Gasteiger partial charge in [-0.15, -0.1) is 11.8 Å². The molecule has 1 aliphatic carbocycles. The summed E-state index contributed by atoms with van der Waals surface area (Å²) >= 11 is 14.1. The van der Waals surface area contributed by atoms with Crippen LogP contribution in [0, 0.1) is 5.92 Å². The Labute approximate surface area is 279 Å². The molecule has 2 aliphatic rings. The van der Waals surface area contributed by atoms with Crippen LogP contribution in [0.4, 0.5) is 8.78 Å². The van der Waals surface area contributed by atoms with Crippen LogP contribution in [0.5, 0.6) is 11.5 Å². The highest BCUT2D eigenvalue weighted by Gasteiger charge is 2.38. The summed E-state index contributed by atoms with van der Waals surface area (Å²) in [6.45, 7) is -2.46. The molecule has 2 fully saturated rings. The lowest BCUT2D eigenvalue weighted by Gasteiger charge is -2.26. The molecule has 1 aliphatic heterocycles. The van der Waals surface area contributed by atoms with Crippen LogP contribution in [0.25, 0.3) is 0 Å². The van der Waals surface area contributed by atoms with Gasteiger partial charge in [-0.1, -0.05) is 35.3 Å². The van der Waals surface area contributed by atoms with Gasteiger partial charge in [0.15, 0.2) is 16.9 Å². The van der Waals surface area contributed by atoms with Crippen LogP contribution >= 0.6 is 35.0 Å². The van der Waals surface area contributed by atoms with Gasteiger partial charge in [-0.2, -0.15) is 8.78 Å². The topological polar surface area (TPSA) is 98.3 Å². The van der Waals surface area contributed by atoms with Crippen LogP contribution in [-0.2, 0) is 16.0 Å². The Morgan fingerprint density at radius 3 is 2.43 bits per heavy atom. The molecule has 0 radical (unpaired) electrons. The van der Waals surface area contributed by atoms with Gasteiger partial charge in [-0.05, 0) is 60.2 Å². The maximum atomic E-state index is 13.8. The average molecular weight is 695 g/mol. The Balaban J connectivity index is 1.43. The van der Waals surface area contributed by atoms with Gasteiger partial charge in [0.25, 0.3) is 11.8 Å². The van der Waals surface area contributed by atoms with Crippen molar-refractivity contribution in [2.75, 3.05) is 33.0 Å². The highest BCUT2D eigenvalue weighted by Crippen LogP contribution is 2.39. The molecule has 5 rings (SSSR count). The number of hydrogen-bond acceptors (Lipinski definition) is 8. The van der Waals surface area contributed by atoms with E-state index in [1.54, 1.807) is 32.3 Å². The molecular formula is C32H31Cl2F2N3O6S. The molecular weight excluding hydrogens is 663 g/mol. The van der Waals surface area contributed by atoms with E-state index < -0.39 is 30.0 Å². The highest BCUT2D eigenvalue weighted by molar-refractivity contribution is 8.00. The van der Waals surface area contributed by atoms with Gasteiger partial charge in [0.2, 0.25) is 0 Å². The maximum absolute atomic E-state index is 13.8. The normalized spacial score (nSPS) is 16.7. The fourth-order valence-electron chi connectivity index (χ4n) is 4.85. The minimum absolute atomic E-state index is 0.0169. The number of nitrogens with zero attached hydrogens (tertiary/aromatic N) is 3. The van der Waals surface area contributed by atoms with E-state index in [2.05, 4.69) is 9.72 Å². The smallest absolute Gasteiger partial charge is 0.387 e. The number of alkyl halides is 2. The number of thioether (sulfide) groups is 1. The zero-order valence-electron chi connectivity index (χ0n) is 25.0. The van der Waals surface area contributed by atoms with Crippen LogP contribution in [0.1, 0.15) is 50.8 Å². The van der Waals surface area contributed by atoms with Gasteiger partial charge in [0.1, 0.15) is 6.10 Å². The van der Waals surface area contributed by atoms with E-state index >= 15 is 0 Å². The number of carbonyl (C=O) groups excluding carboxylic acids is 3. The molecule has 1 saturated carbocycles. The van der Waals surface area contributed by atoms with E-state index in [9.17, 15) is 23.2 Å². The van der Waals surface area contributed by atoms with Crippen LogP contribution in [0.2, 0.25) is 10.0 Å². The van der Waals surface area contributed by atoms with Crippen molar-refractivity contribution in [3.8, 4) is 11.5 Å². The van der Waals surface area contributed by atoms with Crippen molar-refractivity contribution in [1.82, 2.24) is 14.8 Å². The lowest BCUT2D eigenvalue weighted by molar-refractivity contribution is -0.151. The summed E-state index contributed by atoms with van der Waals surface area (Å²) in [6.07, 6.45) is 3.79. The lowest BCUT2D eigenvalue weighted by Crippen LogP contribution is -2.41. The molecule has 0 unspecified atom stereocenters. The first-order valence-electron chi connectivity index (χ1n) is 14.5. The van der Waals surface area contributed by atoms with Crippen molar-refractivity contribution < 1.29 is 37.4 Å². The second kappa shape index (κ2) is 14.9. The number of rotatable bonds is 12. The Morgan fingerprint density at radius 2 is 1.76 bits per heavy atom. The maximum Gasteiger partial charge on any atom is 0.387 e. The Hall–Kier alpha value is -3.61. The van der Waals surface area contributed by atoms with Crippen molar-refractivity contribution in [3.05, 3.63) is 87.2 Å². The highest BCUT2D eigenvalue weighted by atomic mass is 35.5. The number of carbonyl (C=O) groups is 3. The predicted octanol–water partition coefficient (Wildman–Crippen LogP) is 6.52. The molecule has 3 aromatic rings. The van der Waals surface area contributed by atoms with Crippen molar-refractivity contribution >= 4 is 52.7 Å². The predicted molar refractivity (Wildman–Crippen MR) is 170 cm³/mol. The van der Waals surface area contributed by atoms with E-state index in [1.165, 1.54) is 58.2 Å². The second-order valence-corrected chi connectivity index (χ2v) is 13.1. The Kier molecular flexibility index (Phi) is 10.9. The quantitative estimate of drug-likeness (QED) is 0.198. The fraction of sp³-hybridized carbons (Fsp3) is 0.375. The van der Waals surface area contributed by atoms with Crippen molar-refractivity contribution in [1.29, 1.82) is 0 Å². The molecule has 2 heterocycles. The SMILES string of the molecule is CN(C)C(=O)c1cccc(C(=O)N2CCS[C@H]2C(=O)O[C@@H](Cc2c(Cl)cncc2Cl)c2ccc(OC(F)F)c(OCC3CC3)c2)c1. The zero-order valence-corrected chi connectivity index (χ0v) is 27.3. The zero-order chi connectivity index (χ0) is 33.0. The van der Waals surface area contributed by atoms with Crippen LogP contribution in [0.3, 0.4) is 0 Å². The standard InChI is InChI=1S/C32H31Cl2F2N3O6S/c1-38(2)28(40)20-4-3-5-21(12-20)29(41)39-10-11-46-30(39)31(42)44-26(14-22-23(33)15-37-16-24(22)34)19-8-9-25(45-32(35)36)27(13-19)43-17-18-6-7-18/h3-5,8-9,12-13,15-16,18,26,30,32H,6-7,10-11,14,17H2,1-2H3/t26-,30-/m0/s1. The molecule has 0 N–H and O–H groups in total. The monoisotopic (exact) mass is 693 g/mol. The number of benzene rings is 2. The van der Waals surface area contributed by atoms with Gasteiger partial charge in [-0.3, -0.25) is 14.6 Å². The number of aromatic nitrogens is 1. The third-order valence-corrected chi connectivity index (χ3v) is 9.28. The molecule has 1 saturated heterocycles. The molecule has 2 atom stereocenters. The van der Waals surface area contributed by atoms with Crippen LogP contribution in [-0.4, -0.2) is 77.6 Å². The van der Waals surface area contributed by atoms with Crippen LogP contribution in [0.15, 0.2) is 54.9 Å². The van der Waals surface area contributed by atoms with Gasteiger partial charge >= 0.3 is 12.6 Å². The van der Waals surface area contributed by atoms with Gasteiger partial charge in [0, 0.05) is 56.3 Å². The van der Waals surface area contributed by atoms with Crippen molar-refractivity contribution in [2.24, 2.45) is 5.92 Å². The molecule has 14 heteroatoms. The van der Waals surface area contributed by atoms with Crippen molar-refractivity contribution in [2.45, 2.75) is 37.4 Å². The summed E-state index contributed by atoms with van der Waals surface area (Å²) in [5, 5.41) is -0.496. The molecule has 244 valence electrons. The number of amides is 2. The second-order valence-electron chi connectivity index (χ2n) is 11.1. The molecule has 46 heavy (non-hydrogen) atoms. The van der Waals surface area contributed by atoms with Gasteiger partial charge in [-0.25, -0.2) is 4.79 Å². The Morgan fingerprint density at radius 1 is 1.04 bits per heavy atom. The minimum atomic E-state index is -3.07. The number of ether oxygens (including phenoxy) is 3. The number of halogens is 4. The van der Waals surface area contributed by atoms with Crippen LogP contribution < -0.4 is 9.47 Å². The summed E-state index contributed by atoms with van der Waals surface area (Å²) in [4.78, 5) is 46.7. The molecule has 0 bridgehead atoms. The molecule has 2 amide bonds. The first-order chi connectivity index (χ1) is 22.0. The van der Waals surface area contributed by atoms with E-state index in [0.717, 1.165) is 12.8 Å². The summed E-state index contributed by atoms with van der Waals surface area (Å²) in [5.74, 6) is -0.650. The number of hydrogen-bond donors (Lipinski definition) is 0. The molecule has 1 aromatic heterocycles. The minimum Gasteiger partial charge on any atom is -0.489 e. The Bertz CT molecular complexity index is 1590. The van der Waals surface area contributed by atoms with E-state index in [4.69, 9.17) is 32.7 Å². The lowest BCUT2D eigenvalue weighted by atomic mass is 10.0. The van der Waals surface area contributed by atoms with Crippen molar-refractivity contribution in [3.63, 3.8) is 0 Å². The van der Waals surface area contributed by atoms with Gasteiger partial charge in [0.05, 0.1) is 16.7 Å². The molecule has 9 nitrogen and oxygen atoms in total. The summed E-state index contributed by atoms with van der Waals surface area (Å²) < 4.78 is 42.9. The first-order valence-corrected chi connectivity index (χ1v) is 16.3. The average Bonchev–Trinajstić information content (AvgIpc) is 3.73. The summed E-state index contributed by atoms with van der Waals surface area (Å²) in [7, 11) is 3.23. The third-order valence-electron chi connectivity index (χ3n) is 7.44. The largest absolute Gasteiger partial charge is 0.489 e.